The Balaban J connectivity index is 1.30. The molecule has 8 rings (SSSR count). The highest BCUT2D eigenvalue weighted by Gasteiger charge is 2.50. The molecule has 2 aromatic carbocycles. The standard InChI is InChI=1S/C53H63FN6O15/c1-11-58-23-33(52(70)71)43(65)31-21-34(54)50(57-49(31)58)59-16-18-60(19-17-59)55-22-32-39-45(67)37-36(44(32)66)38-47(29(7)42(37)64)75-53(9,48(38)68)73-20-15-35(72-10)26(4)46(74-30(8)61)28(6)41(63)27(5)40(62)24(2)13-12-14-25(3)51(69)56-39/h12-15,20-24,26-28,35,40-41,46,62-64,66-67H,11,16-19H2,1-10H3,(H,56,69)(H,70,71)/t24-,26+,27+,28+,35-,40-,41+,46+,53-/m0/s1. The third-order valence-electron chi connectivity index (χ3n) is 14.5. The van der Waals surface area contributed by atoms with Crippen molar-refractivity contribution in [1.82, 2.24) is 14.6 Å². The van der Waals surface area contributed by atoms with Crippen molar-refractivity contribution in [3.05, 3.63) is 86.7 Å². The van der Waals surface area contributed by atoms with Crippen LogP contribution < -0.4 is 20.4 Å². The van der Waals surface area contributed by atoms with Crippen molar-refractivity contribution in [2.24, 2.45) is 28.8 Å². The molecule has 4 aromatic rings. The molecule has 1 saturated heterocycles. The molecule has 0 radical (unpaired) electrons. The number of carbonyl (C=O) groups excluding carboxylic acids is 3. The van der Waals surface area contributed by atoms with Crippen LogP contribution in [0.1, 0.15) is 87.2 Å². The van der Waals surface area contributed by atoms with E-state index in [1.165, 1.54) is 57.6 Å². The van der Waals surface area contributed by atoms with Crippen molar-refractivity contribution in [2.75, 3.05) is 43.5 Å². The van der Waals surface area contributed by atoms with E-state index in [9.17, 15) is 54.6 Å². The molecule has 9 atom stereocenters. The number of amides is 1. The highest BCUT2D eigenvalue weighted by Crippen LogP contribution is 2.55. The molecule has 0 aliphatic carbocycles. The maximum Gasteiger partial charge on any atom is 0.341 e. The maximum absolute atomic E-state index is 15.7. The minimum atomic E-state index is -2.15. The molecule has 0 spiro atoms. The number of hydrazone groups is 1. The summed E-state index contributed by atoms with van der Waals surface area (Å²) < 4.78 is 40.8. The number of Topliss-reactive ketones (excluding diaryl/α,β-unsaturated/α-hetero) is 1. The maximum atomic E-state index is 15.7. The van der Waals surface area contributed by atoms with E-state index in [2.05, 4.69) is 15.4 Å². The molecule has 1 fully saturated rings. The number of hydrogen-bond acceptors (Lipinski definition) is 18. The first-order chi connectivity index (χ1) is 35.4. The zero-order valence-electron chi connectivity index (χ0n) is 43.2. The van der Waals surface area contributed by atoms with E-state index in [4.69, 9.17) is 18.9 Å². The van der Waals surface area contributed by atoms with E-state index >= 15 is 4.39 Å². The molecule has 0 saturated carbocycles. The minimum Gasteiger partial charge on any atom is -0.507 e. The minimum absolute atomic E-state index is 0.0221. The second kappa shape index (κ2) is 21.7. The number of hydrogen-bond donors (Lipinski definition) is 7. The van der Waals surface area contributed by atoms with Crippen LogP contribution in [0.5, 0.6) is 23.0 Å². The van der Waals surface area contributed by atoms with Crippen molar-refractivity contribution in [1.29, 1.82) is 0 Å². The summed E-state index contributed by atoms with van der Waals surface area (Å²) in [5.41, 5.74) is -2.20. The van der Waals surface area contributed by atoms with Gasteiger partial charge in [-0.15, -0.1) is 0 Å². The summed E-state index contributed by atoms with van der Waals surface area (Å²) in [5.74, 6) is -11.7. The lowest BCUT2D eigenvalue weighted by molar-refractivity contribution is -0.160. The smallest absolute Gasteiger partial charge is 0.341 e. The number of pyridine rings is 2. The highest BCUT2D eigenvalue weighted by molar-refractivity contribution is 6.24. The molecule has 4 aliphatic rings. The predicted molar refractivity (Wildman–Crippen MR) is 274 cm³/mol. The Kier molecular flexibility index (Phi) is 16.0. The number of ketones is 1. The summed E-state index contributed by atoms with van der Waals surface area (Å²) in [5, 5.41) is 76.6. The van der Waals surface area contributed by atoms with Crippen molar-refractivity contribution >= 4 is 63.2 Å². The number of piperazine rings is 1. The van der Waals surface area contributed by atoms with E-state index in [0.29, 0.717) is 0 Å². The number of aromatic nitrogens is 2. The zero-order valence-corrected chi connectivity index (χ0v) is 43.2. The van der Waals surface area contributed by atoms with Gasteiger partial charge >= 0.3 is 17.7 Å². The summed E-state index contributed by atoms with van der Waals surface area (Å²) in [6.07, 6.45) is 5.40. The topological polar surface area (TPSA) is 292 Å². The number of aliphatic hydroxyl groups is 2. The number of nitrogens with one attached hydrogen (secondary N) is 1. The molecule has 2 aromatic heterocycles. The van der Waals surface area contributed by atoms with Crippen LogP contribution in [0.4, 0.5) is 15.9 Å². The second-order valence-corrected chi connectivity index (χ2v) is 19.4. The lowest BCUT2D eigenvalue weighted by Gasteiger charge is -2.38. The average Bonchev–Trinajstić information content (AvgIpc) is 3.64. The van der Waals surface area contributed by atoms with Crippen LogP contribution in [0.3, 0.4) is 0 Å². The number of nitrogens with zero attached hydrogens (tertiary/aromatic N) is 5. The van der Waals surface area contributed by atoms with Crippen LogP contribution in [0.15, 0.2) is 58.3 Å². The van der Waals surface area contributed by atoms with Crippen LogP contribution in [0.25, 0.3) is 21.8 Å². The molecule has 7 N–H and O–H groups in total. The highest BCUT2D eigenvalue weighted by atomic mass is 19.1. The van der Waals surface area contributed by atoms with Crippen molar-refractivity contribution in [3.8, 4) is 23.0 Å². The van der Waals surface area contributed by atoms with Gasteiger partial charge in [0.2, 0.25) is 5.43 Å². The number of halogens is 1. The summed E-state index contributed by atoms with van der Waals surface area (Å²) in [6, 6.07) is 0.971. The van der Waals surface area contributed by atoms with Gasteiger partial charge in [-0.05, 0) is 32.9 Å². The number of allylic oxidation sites excluding steroid dienone is 2. The largest absolute Gasteiger partial charge is 0.507 e. The Morgan fingerprint density at radius 1 is 0.973 bits per heavy atom. The Labute approximate surface area is 430 Å². The molecule has 5 bridgehead atoms. The SMILES string of the molecule is CCn1cc(C(=O)O)c(=O)c2cc(F)c(N3CCN(N=Cc4c5c(O)c6c(O)c(C)c7c(c6c4O)C(=O)[C@@](C)(OC=C[C@H](OC)[C@@H](C)[C@@H](OC(C)=O)[C@H](C)[C@H](O)[C@H](C)[C@@H](O)[C@@H](C)C=CC=C(C)C(=O)N5)O7)CC3)nc21. The van der Waals surface area contributed by atoms with Gasteiger partial charge in [-0.3, -0.25) is 24.2 Å². The number of aromatic hydroxyl groups is 3. The van der Waals surface area contributed by atoms with Crippen LogP contribution >= 0.6 is 0 Å². The van der Waals surface area contributed by atoms with E-state index in [-0.39, 0.29) is 83.0 Å². The van der Waals surface area contributed by atoms with Gasteiger partial charge in [0.25, 0.3) is 11.7 Å². The normalized spacial score (nSPS) is 26.0. The Morgan fingerprint density at radius 2 is 1.65 bits per heavy atom. The van der Waals surface area contributed by atoms with E-state index in [0.717, 1.165) is 24.7 Å². The number of phenolic OH excluding ortho intramolecular Hbond substituents is 3. The number of benzene rings is 2. The molecule has 4 aliphatic heterocycles. The zero-order chi connectivity index (χ0) is 55.1. The van der Waals surface area contributed by atoms with Gasteiger partial charge in [0.15, 0.2) is 17.4 Å². The number of ether oxygens (including phenoxy) is 4. The van der Waals surface area contributed by atoms with Gasteiger partial charge < -0.3 is 64.4 Å². The fourth-order valence-corrected chi connectivity index (χ4v) is 9.93. The number of phenols is 3. The van der Waals surface area contributed by atoms with Crippen molar-refractivity contribution in [3.63, 3.8) is 0 Å². The molecule has 6 heterocycles. The number of aliphatic hydroxyl groups excluding tert-OH is 2. The van der Waals surface area contributed by atoms with Gasteiger partial charge in [0, 0.05) is 87.0 Å². The van der Waals surface area contributed by atoms with E-state index < -0.39 is 123 Å². The van der Waals surface area contributed by atoms with Gasteiger partial charge in [-0.2, -0.15) is 5.10 Å². The fourth-order valence-electron chi connectivity index (χ4n) is 9.93. The molecule has 21 nitrogen and oxygen atoms in total. The van der Waals surface area contributed by atoms with E-state index in [1.807, 2.05) is 0 Å². The molecule has 22 heteroatoms. The van der Waals surface area contributed by atoms with Gasteiger partial charge in [0.1, 0.15) is 34.6 Å². The third-order valence-corrected chi connectivity index (χ3v) is 14.5. The number of carbonyl (C=O) groups is 4. The quantitative estimate of drug-likeness (QED) is 0.0522. The number of rotatable bonds is 7. The molecular weight excluding hydrogens is 980 g/mol. The summed E-state index contributed by atoms with van der Waals surface area (Å²) >= 11 is 0. The molecule has 402 valence electrons. The number of esters is 1. The van der Waals surface area contributed by atoms with Gasteiger partial charge in [-0.1, -0.05) is 45.9 Å². The van der Waals surface area contributed by atoms with Crippen molar-refractivity contribution < 1.29 is 73.2 Å². The Morgan fingerprint density at radius 3 is 2.28 bits per heavy atom. The van der Waals surface area contributed by atoms with Gasteiger partial charge in [-0.25, -0.2) is 14.2 Å². The molecule has 0 unspecified atom stereocenters. The molecule has 1 amide bonds. The monoisotopic (exact) mass is 1040 g/mol. The Hall–Kier alpha value is -7.56. The number of aromatic carboxylic acids is 1. The predicted octanol–water partition coefficient (Wildman–Crippen LogP) is 5.48. The number of anilines is 2. The van der Waals surface area contributed by atoms with Crippen LogP contribution in [0.2, 0.25) is 0 Å². The number of carboxylic acids is 1. The lowest BCUT2D eigenvalue weighted by atomic mass is 9.78. The Bertz CT molecular complexity index is 3140. The fraction of sp³-hybridized carbons (Fsp3) is 0.453. The number of fused-ring (bicyclic) bond motifs is 15. The first-order valence-electron chi connectivity index (χ1n) is 24.5. The van der Waals surface area contributed by atoms with E-state index in [1.54, 1.807) is 50.6 Å². The first-order valence-corrected chi connectivity index (χ1v) is 24.5. The van der Waals surface area contributed by atoms with Gasteiger partial charge in [0.05, 0.1) is 71.5 Å². The molecular formula is C53H63FN6O15. The number of methoxy groups -OCH3 is 1. The summed E-state index contributed by atoms with van der Waals surface area (Å²) in [4.78, 5) is 71.9. The van der Waals surface area contributed by atoms with Crippen molar-refractivity contribution in [2.45, 2.75) is 99.1 Å². The van der Waals surface area contributed by atoms with Crippen LogP contribution in [-0.2, 0) is 30.3 Å². The second-order valence-electron chi connectivity index (χ2n) is 19.4. The first kappa shape index (κ1) is 55.2. The van der Waals surface area contributed by atoms with Crippen LogP contribution in [0, 0.1) is 36.4 Å². The summed E-state index contributed by atoms with van der Waals surface area (Å²) in [6.45, 7) is 14.7. The third kappa shape index (κ3) is 10.3. The summed E-state index contributed by atoms with van der Waals surface area (Å²) in [7, 11) is 1.40. The molecule has 75 heavy (non-hydrogen) atoms. The number of carboxylic acid groups (broad SMARTS) is 1. The van der Waals surface area contributed by atoms with Crippen LogP contribution in [-0.4, -0.2) is 139 Å². The average molecular weight is 1040 g/mol. The lowest BCUT2D eigenvalue weighted by Crippen LogP contribution is -2.46. The number of aryl methyl sites for hydroxylation is 1.